The first-order valence-corrected chi connectivity index (χ1v) is 4.32. The molecule has 0 saturated heterocycles. The fourth-order valence-corrected chi connectivity index (χ4v) is 0.271. The number of rotatable bonds is 3. The maximum absolute atomic E-state index is 9.74. The van der Waals surface area contributed by atoms with Crippen molar-refractivity contribution >= 4 is 22.3 Å². The van der Waals surface area contributed by atoms with Gasteiger partial charge in [-0.1, -0.05) is 0 Å². The summed E-state index contributed by atoms with van der Waals surface area (Å²) in [5.41, 5.74) is 4.77. The molecule has 0 radical (unpaired) electrons. The van der Waals surface area contributed by atoms with Gasteiger partial charge in [0, 0.05) is 0 Å². The average Bonchev–Trinajstić information content (AvgIpc) is 1.80. The van der Waals surface area contributed by atoms with E-state index in [-0.39, 0.29) is 51.4 Å². The van der Waals surface area contributed by atoms with E-state index in [9.17, 15) is 14.7 Å². The minimum atomic E-state index is -4.67. The van der Waals surface area contributed by atoms with E-state index in [1.54, 1.807) is 0 Å². The van der Waals surface area contributed by atoms with Crippen LogP contribution in [-0.2, 0) is 20.0 Å². The van der Waals surface area contributed by atoms with E-state index in [4.69, 9.17) is 28.4 Å². The van der Waals surface area contributed by atoms with E-state index in [0.29, 0.717) is 0 Å². The Morgan fingerprint density at radius 3 is 1.67 bits per heavy atom. The topological polar surface area (TPSA) is 178 Å². The van der Waals surface area contributed by atoms with Crippen LogP contribution in [0.5, 0.6) is 0 Å². The first-order valence-electron chi connectivity index (χ1n) is 2.92. The van der Waals surface area contributed by atoms with Crippen LogP contribution in [0.2, 0.25) is 0 Å². The monoisotopic (exact) mass is 269 g/mol. The standard InChI is InChI=1S/C4H7NO4.K.H2O4S/c5-2(4(8)9)1-3(6)7;;1-5(2,3)4/h2H,1,5H2,(H,6,7)(H,8,9);;(H2,1,2,3,4)/q;+1;/p-1/t2-;;/m0../s1. The van der Waals surface area contributed by atoms with E-state index in [0.717, 1.165) is 0 Å². The molecule has 0 saturated carbocycles. The van der Waals surface area contributed by atoms with Crippen LogP contribution >= 0.6 is 0 Å². The Bertz CT molecular complexity index is 292. The number of carbonyl (C=O) groups is 2. The molecule has 0 unspecified atom stereocenters. The van der Waals surface area contributed by atoms with Gasteiger partial charge in [0.15, 0.2) is 0 Å². The zero-order chi connectivity index (χ0) is 11.9. The van der Waals surface area contributed by atoms with E-state index >= 15 is 0 Å². The molecule has 0 aromatic rings. The van der Waals surface area contributed by atoms with Gasteiger partial charge < -0.3 is 20.7 Å². The summed E-state index contributed by atoms with van der Waals surface area (Å²) >= 11 is 0. The molecule has 0 aliphatic carbocycles. The number of carbonyl (C=O) groups excluding carboxylic acids is 1. The minimum Gasteiger partial charge on any atom is -0.548 e. The summed E-state index contributed by atoms with van der Waals surface area (Å²) in [4.78, 5) is 19.5. The Morgan fingerprint density at radius 2 is 1.60 bits per heavy atom. The molecule has 0 spiro atoms. The van der Waals surface area contributed by atoms with Gasteiger partial charge in [0.25, 0.3) is 0 Å². The van der Waals surface area contributed by atoms with Crippen molar-refractivity contribution in [3.05, 3.63) is 0 Å². The molecule has 0 aromatic carbocycles. The molecule has 0 rings (SSSR count). The smallest absolute Gasteiger partial charge is 0.548 e. The summed E-state index contributed by atoms with van der Waals surface area (Å²) in [6.07, 6.45) is -0.595. The first-order chi connectivity index (χ1) is 6.04. The summed E-state index contributed by atoms with van der Waals surface area (Å²) in [5, 5.41) is 17.7. The summed E-state index contributed by atoms with van der Waals surface area (Å²) in [5.74, 6) is -2.79. The third-order valence-electron chi connectivity index (χ3n) is 0.697. The molecule has 1 atom stereocenters. The van der Waals surface area contributed by atoms with Crippen molar-refractivity contribution in [1.29, 1.82) is 0 Å². The number of hydrogen-bond acceptors (Lipinski definition) is 6. The molecule has 0 aromatic heterocycles. The molecule has 0 aliphatic heterocycles. The number of aliphatic carboxylic acids is 2. The Hall–Kier alpha value is 0.406. The first kappa shape index (κ1) is 20.8. The van der Waals surface area contributed by atoms with Gasteiger partial charge in [-0.2, -0.15) is 8.42 Å². The minimum absolute atomic E-state index is 0. The Labute approximate surface area is 128 Å². The third kappa shape index (κ3) is 31.4. The largest absolute Gasteiger partial charge is 1.00 e. The van der Waals surface area contributed by atoms with Crippen molar-refractivity contribution in [2.75, 3.05) is 0 Å². The van der Waals surface area contributed by atoms with E-state index in [1.165, 1.54) is 0 Å². The number of hydrogen-bond donors (Lipinski definition) is 4. The normalized spacial score (nSPS) is 11.4. The van der Waals surface area contributed by atoms with Gasteiger partial charge in [-0.3, -0.25) is 13.9 Å². The van der Waals surface area contributed by atoms with Gasteiger partial charge in [-0.25, -0.2) is 0 Å². The summed E-state index contributed by atoms with van der Waals surface area (Å²) in [7, 11) is -4.67. The predicted octanol–water partition coefficient (Wildman–Crippen LogP) is -6.11. The van der Waals surface area contributed by atoms with Gasteiger partial charge in [0.1, 0.15) is 0 Å². The van der Waals surface area contributed by atoms with Gasteiger partial charge in [-0.05, 0) is 0 Å². The summed E-state index contributed by atoms with van der Waals surface area (Å²) in [6, 6.07) is -1.40. The van der Waals surface area contributed by atoms with Crippen LogP contribution < -0.4 is 62.2 Å². The summed E-state index contributed by atoms with van der Waals surface area (Å²) in [6.45, 7) is 0. The molecule has 5 N–H and O–H groups in total. The molecule has 0 aliphatic rings. The molecular formula is C4H8KNO8S. The second-order valence-electron chi connectivity index (χ2n) is 1.97. The van der Waals surface area contributed by atoms with Crippen molar-refractivity contribution in [1.82, 2.24) is 0 Å². The van der Waals surface area contributed by atoms with Crippen molar-refractivity contribution < 1.29 is 88.7 Å². The van der Waals surface area contributed by atoms with Crippen LogP contribution in [0.25, 0.3) is 0 Å². The average molecular weight is 269 g/mol. The van der Waals surface area contributed by atoms with Crippen LogP contribution in [0.1, 0.15) is 6.42 Å². The van der Waals surface area contributed by atoms with Crippen LogP contribution in [0.3, 0.4) is 0 Å². The Kier molecular flexibility index (Phi) is 13.3. The zero-order valence-corrected chi connectivity index (χ0v) is 11.6. The molecular weight excluding hydrogens is 261 g/mol. The maximum atomic E-state index is 9.74. The molecule has 15 heavy (non-hydrogen) atoms. The SMILES string of the molecule is N[C@@H](CC(=O)O)C(=O)[O-].O=S(=O)(O)O.[K+]. The number of carboxylic acid groups (broad SMARTS) is 2. The van der Waals surface area contributed by atoms with Gasteiger partial charge in [-0.15, -0.1) is 0 Å². The number of nitrogens with two attached hydrogens (primary N) is 1. The van der Waals surface area contributed by atoms with E-state index < -0.39 is 34.8 Å². The maximum Gasteiger partial charge on any atom is 1.00 e. The van der Waals surface area contributed by atoms with Crippen LogP contribution in [0.4, 0.5) is 0 Å². The molecule has 9 nitrogen and oxygen atoms in total. The second-order valence-corrected chi connectivity index (χ2v) is 2.87. The van der Waals surface area contributed by atoms with Gasteiger partial charge >= 0.3 is 67.8 Å². The van der Waals surface area contributed by atoms with Crippen LogP contribution in [-0.4, -0.2) is 40.6 Å². The summed E-state index contributed by atoms with van der Waals surface area (Å²) < 4.78 is 31.6. The third-order valence-corrected chi connectivity index (χ3v) is 0.697. The second kappa shape index (κ2) is 9.62. The molecule has 0 fully saturated rings. The molecule has 0 amide bonds. The van der Waals surface area contributed by atoms with Crippen molar-refractivity contribution in [2.45, 2.75) is 12.5 Å². The van der Waals surface area contributed by atoms with Gasteiger partial charge in [0.05, 0.1) is 18.4 Å². The van der Waals surface area contributed by atoms with Gasteiger partial charge in [0.2, 0.25) is 0 Å². The zero-order valence-electron chi connectivity index (χ0n) is 7.65. The Balaban J connectivity index is -0.000000208. The van der Waals surface area contributed by atoms with E-state index in [2.05, 4.69) is 0 Å². The van der Waals surface area contributed by atoms with E-state index in [1.807, 2.05) is 0 Å². The Morgan fingerprint density at radius 1 is 1.33 bits per heavy atom. The molecule has 0 bridgehead atoms. The fourth-order valence-electron chi connectivity index (χ4n) is 0.271. The number of carboxylic acids is 2. The van der Waals surface area contributed by atoms with Crippen LogP contribution in [0, 0.1) is 0 Å². The van der Waals surface area contributed by atoms with Crippen LogP contribution in [0.15, 0.2) is 0 Å². The fraction of sp³-hybridized carbons (Fsp3) is 0.500. The molecule has 0 heterocycles. The molecule has 11 heteroatoms. The van der Waals surface area contributed by atoms with Crippen molar-refractivity contribution in [3.8, 4) is 0 Å². The van der Waals surface area contributed by atoms with Crippen molar-refractivity contribution in [3.63, 3.8) is 0 Å². The predicted molar refractivity (Wildman–Crippen MR) is 39.4 cm³/mol. The quantitative estimate of drug-likeness (QED) is 0.286. The molecule has 84 valence electrons. The van der Waals surface area contributed by atoms with Crippen molar-refractivity contribution in [2.24, 2.45) is 5.73 Å².